The van der Waals surface area contributed by atoms with Gasteiger partial charge in [-0.3, -0.25) is 0 Å². The van der Waals surface area contributed by atoms with E-state index in [1.807, 2.05) is 0 Å². The Balaban J connectivity index is 2.20. The van der Waals surface area contributed by atoms with Gasteiger partial charge in [0.15, 0.2) is 0 Å². The summed E-state index contributed by atoms with van der Waals surface area (Å²) in [6.45, 7) is 5.04. The molecule has 0 unspecified atom stereocenters. The highest BCUT2D eigenvalue weighted by molar-refractivity contribution is 5.55. The smallest absolute Gasteiger partial charge is 0.0574 e. The highest BCUT2D eigenvalue weighted by Gasteiger charge is 2.19. The van der Waals surface area contributed by atoms with Gasteiger partial charge in [0, 0.05) is 25.3 Å². The van der Waals surface area contributed by atoms with Crippen molar-refractivity contribution < 1.29 is 5.11 Å². The summed E-state index contributed by atoms with van der Waals surface area (Å²) in [5.41, 5.74) is 4.03. The highest BCUT2D eigenvalue weighted by atomic mass is 16.3. The van der Waals surface area contributed by atoms with Gasteiger partial charge in [-0.15, -0.1) is 0 Å². The topological polar surface area (TPSA) is 26.7 Å². The van der Waals surface area contributed by atoms with Crippen LogP contribution in [0.1, 0.15) is 24.0 Å². The number of piperidine rings is 1. The number of aryl methyl sites for hydroxylation is 1. The summed E-state index contributed by atoms with van der Waals surface area (Å²) in [5, 5.41) is 9.60. The van der Waals surface area contributed by atoms with E-state index in [-0.39, 0.29) is 6.10 Å². The Bertz CT molecular complexity index is 395. The summed E-state index contributed by atoms with van der Waals surface area (Å²) < 4.78 is 0. The summed E-state index contributed by atoms with van der Waals surface area (Å²) in [7, 11) is 4.21. The van der Waals surface area contributed by atoms with E-state index in [0.717, 1.165) is 32.5 Å². The molecular formula is C15H24N2O. The molecule has 100 valence electrons. The predicted octanol–water partition coefficient (Wildman–Crippen LogP) is 2.02. The first-order valence-electron chi connectivity index (χ1n) is 6.73. The van der Waals surface area contributed by atoms with Gasteiger partial charge in [0.05, 0.1) is 6.10 Å². The summed E-state index contributed by atoms with van der Waals surface area (Å²) in [4.78, 5) is 4.61. The van der Waals surface area contributed by atoms with Gasteiger partial charge in [-0.25, -0.2) is 0 Å². The molecule has 0 spiro atoms. The van der Waals surface area contributed by atoms with Crippen molar-refractivity contribution in [1.82, 2.24) is 4.90 Å². The molecule has 1 N–H and O–H groups in total. The molecule has 18 heavy (non-hydrogen) atoms. The molecule has 0 saturated carbocycles. The third-order valence-corrected chi connectivity index (χ3v) is 3.53. The van der Waals surface area contributed by atoms with E-state index in [0.29, 0.717) is 0 Å². The first-order chi connectivity index (χ1) is 8.56. The van der Waals surface area contributed by atoms with E-state index in [1.54, 1.807) is 0 Å². The Hall–Kier alpha value is -1.06. The Morgan fingerprint density at radius 1 is 1.28 bits per heavy atom. The molecule has 1 aliphatic heterocycles. The number of rotatable bonds is 3. The van der Waals surface area contributed by atoms with Crippen LogP contribution in [0.4, 0.5) is 5.69 Å². The molecular weight excluding hydrogens is 224 g/mol. The van der Waals surface area contributed by atoms with Crippen molar-refractivity contribution in [2.24, 2.45) is 0 Å². The largest absolute Gasteiger partial charge is 0.393 e. The van der Waals surface area contributed by atoms with Crippen molar-refractivity contribution in [3.05, 3.63) is 29.3 Å². The van der Waals surface area contributed by atoms with E-state index < -0.39 is 0 Å². The van der Waals surface area contributed by atoms with E-state index in [2.05, 4.69) is 49.0 Å². The van der Waals surface area contributed by atoms with Crippen LogP contribution < -0.4 is 4.90 Å². The fourth-order valence-electron chi connectivity index (χ4n) is 2.60. The average molecular weight is 248 g/mol. The zero-order valence-corrected chi connectivity index (χ0v) is 11.7. The fraction of sp³-hybridized carbons (Fsp3) is 0.600. The third-order valence-electron chi connectivity index (χ3n) is 3.53. The molecule has 0 aliphatic carbocycles. The van der Waals surface area contributed by atoms with Crippen molar-refractivity contribution in [3.8, 4) is 0 Å². The molecule has 0 amide bonds. The van der Waals surface area contributed by atoms with Crippen LogP contribution in [0.3, 0.4) is 0 Å². The second-order valence-electron chi connectivity index (χ2n) is 5.59. The van der Waals surface area contributed by atoms with Gasteiger partial charge in [0.1, 0.15) is 0 Å². The maximum atomic E-state index is 9.60. The normalized spacial score (nSPS) is 17.5. The average Bonchev–Trinajstić information content (AvgIpc) is 2.30. The van der Waals surface area contributed by atoms with Crippen molar-refractivity contribution in [2.75, 3.05) is 32.1 Å². The number of anilines is 1. The van der Waals surface area contributed by atoms with Gasteiger partial charge in [-0.2, -0.15) is 0 Å². The molecule has 3 heteroatoms. The summed E-state index contributed by atoms with van der Waals surface area (Å²) >= 11 is 0. The lowest BCUT2D eigenvalue weighted by Crippen LogP contribution is -2.36. The Morgan fingerprint density at radius 3 is 2.56 bits per heavy atom. The third kappa shape index (κ3) is 3.24. The van der Waals surface area contributed by atoms with E-state index in [4.69, 9.17) is 0 Å². The van der Waals surface area contributed by atoms with Crippen LogP contribution in [0, 0.1) is 6.92 Å². The second-order valence-corrected chi connectivity index (χ2v) is 5.59. The molecule has 0 radical (unpaired) electrons. The lowest BCUT2D eigenvalue weighted by atomic mass is 10.0. The van der Waals surface area contributed by atoms with E-state index >= 15 is 0 Å². The molecule has 1 aromatic rings. The molecule has 1 saturated heterocycles. The van der Waals surface area contributed by atoms with E-state index in [1.165, 1.54) is 16.8 Å². The Kier molecular flexibility index (Phi) is 4.25. The quantitative estimate of drug-likeness (QED) is 0.886. The number of nitrogens with zero attached hydrogens (tertiary/aromatic N) is 2. The fourth-order valence-corrected chi connectivity index (χ4v) is 2.60. The molecule has 3 nitrogen and oxygen atoms in total. The number of hydrogen-bond acceptors (Lipinski definition) is 3. The van der Waals surface area contributed by atoms with Crippen LogP contribution in [-0.4, -0.2) is 43.3 Å². The maximum Gasteiger partial charge on any atom is 0.0574 e. The predicted molar refractivity (Wildman–Crippen MR) is 76.0 cm³/mol. The molecule has 0 aromatic heterocycles. The van der Waals surface area contributed by atoms with Crippen LogP contribution in [-0.2, 0) is 6.54 Å². The zero-order chi connectivity index (χ0) is 13.1. The van der Waals surface area contributed by atoms with Crippen molar-refractivity contribution in [3.63, 3.8) is 0 Å². The summed E-state index contributed by atoms with van der Waals surface area (Å²) in [5.74, 6) is 0. The van der Waals surface area contributed by atoms with Crippen molar-refractivity contribution >= 4 is 5.69 Å². The van der Waals surface area contributed by atoms with Crippen LogP contribution in [0.2, 0.25) is 0 Å². The number of hydrogen-bond donors (Lipinski definition) is 1. The van der Waals surface area contributed by atoms with Crippen LogP contribution in [0.15, 0.2) is 18.2 Å². The lowest BCUT2D eigenvalue weighted by Gasteiger charge is -2.33. The van der Waals surface area contributed by atoms with Crippen molar-refractivity contribution in [1.29, 1.82) is 0 Å². The molecule has 0 bridgehead atoms. The number of aliphatic hydroxyl groups is 1. The second kappa shape index (κ2) is 5.72. The first kappa shape index (κ1) is 13.4. The van der Waals surface area contributed by atoms with Gasteiger partial charge in [0.2, 0.25) is 0 Å². The minimum atomic E-state index is -0.107. The summed E-state index contributed by atoms with van der Waals surface area (Å²) in [6.07, 6.45) is 1.66. The minimum Gasteiger partial charge on any atom is -0.393 e. The minimum absolute atomic E-state index is 0.107. The van der Waals surface area contributed by atoms with Crippen LogP contribution >= 0.6 is 0 Å². The maximum absolute atomic E-state index is 9.60. The van der Waals surface area contributed by atoms with Crippen LogP contribution in [0.5, 0.6) is 0 Å². The Morgan fingerprint density at radius 2 is 1.94 bits per heavy atom. The molecule has 0 atom stereocenters. The standard InChI is InChI=1S/C15H24N2O/c1-12-4-5-15(13(10-12)11-16(2)3)17-8-6-14(18)7-9-17/h4-5,10,14,18H,6-9,11H2,1-3H3. The number of aliphatic hydroxyl groups excluding tert-OH is 1. The van der Waals surface area contributed by atoms with Crippen molar-refractivity contribution in [2.45, 2.75) is 32.4 Å². The zero-order valence-electron chi connectivity index (χ0n) is 11.7. The number of benzene rings is 1. The van der Waals surface area contributed by atoms with Gasteiger partial charge < -0.3 is 14.9 Å². The molecule has 1 aliphatic rings. The Labute approximate surface area is 110 Å². The van der Waals surface area contributed by atoms with Gasteiger partial charge >= 0.3 is 0 Å². The lowest BCUT2D eigenvalue weighted by molar-refractivity contribution is 0.145. The molecule has 2 rings (SSSR count). The van der Waals surface area contributed by atoms with Crippen LogP contribution in [0.25, 0.3) is 0 Å². The van der Waals surface area contributed by atoms with E-state index in [9.17, 15) is 5.11 Å². The van der Waals surface area contributed by atoms with Gasteiger partial charge in [-0.05, 0) is 45.5 Å². The molecule has 1 aromatic carbocycles. The van der Waals surface area contributed by atoms with Gasteiger partial charge in [-0.1, -0.05) is 17.7 Å². The first-order valence-corrected chi connectivity index (χ1v) is 6.73. The monoisotopic (exact) mass is 248 g/mol. The molecule has 1 heterocycles. The SMILES string of the molecule is Cc1ccc(N2CCC(O)CC2)c(CN(C)C)c1. The molecule has 1 fully saturated rings. The van der Waals surface area contributed by atoms with Gasteiger partial charge in [0.25, 0.3) is 0 Å². The highest BCUT2D eigenvalue weighted by Crippen LogP contribution is 2.26. The summed E-state index contributed by atoms with van der Waals surface area (Å²) in [6, 6.07) is 6.69.